The molecule has 0 radical (unpaired) electrons. The van der Waals surface area contributed by atoms with E-state index in [-0.39, 0.29) is 12.1 Å². The fraction of sp³-hybridized carbons (Fsp3) is 0.238. The van der Waals surface area contributed by atoms with Crippen molar-refractivity contribution < 1.29 is 14.3 Å². The van der Waals surface area contributed by atoms with Gasteiger partial charge in [0.2, 0.25) is 5.91 Å². The van der Waals surface area contributed by atoms with E-state index in [9.17, 15) is 9.59 Å². The lowest BCUT2D eigenvalue weighted by molar-refractivity contribution is -0.116. The molecule has 0 spiro atoms. The number of carbonyl (C=O) groups excluding carboxylic acids is 1. The minimum atomic E-state index is -0.406. The third-order valence-corrected chi connectivity index (χ3v) is 6.18. The first-order valence-corrected chi connectivity index (χ1v) is 10.6. The lowest BCUT2D eigenvalue weighted by Crippen LogP contribution is -2.30. The van der Waals surface area contributed by atoms with Gasteiger partial charge < -0.3 is 14.8 Å². The normalized spacial score (nSPS) is 11.1. The van der Waals surface area contributed by atoms with Gasteiger partial charge >= 0.3 is 0 Å². The number of carbonyl (C=O) groups is 1. The fourth-order valence-corrected chi connectivity index (χ4v) is 4.60. The number of ether oxygens (including phenoxy) is 2. The number of hydrogen-bond donors (Lipinski definition) is 1. The van der Waals surface area contributed by atoms with E-state index >= 15 is 0 Å². The van der Waals surface area contributed by atoms with Crippen molar-refractivity contribution in [1.82, 2.24) is 14.5 Å². The molecule has 1 N–H and O–H groups in total. The van der Waals surface area contributed by atoms with E-state index in [0.29, 0.717) is 44.7 Å². The molecule has 31 heavy (non-hydrogen) atoms. The van der Waals surface area contributed by atoms with E-state index in [1.165, 1.54) is 30.1 Å². The van der Waals surface area contributed by atoms with Crippen LogP contribution in [0.25, 0.3) is 20.4 Å². The molecule has 4 rings (SSSR count). The molecular formula is C21H19ClN4O4S. The number of anilines is 1. The summed E-state index contributed by atoms with van der Waals surface area (Å²) in [6.45, 7) is 1.69. The van der Waals surface area contributed by atoms with Gasteiger partial charge in [0.15, 0.2) is 0 Å². The van der Waals surface area contributed by atoms with Crippen LogP contribution in [-0.4, -0.2) is 34.7 Å². The van der Waals surface area contributed by atoms with Gasteiger partial charge in [-0.25, -0.2) is 9.97 Å². The van der Waals surface area contributed by atoms with Crippen molar-refractivity contribution in [2.75, 3.05) is 19.5 Å². The molecule has 0 unspecified atom stereocenters. The highest BCUT2D eigenvalue weighted by atomic mass is 35.5. The van der Waals surface area contributed by atoms with Gasteiger partial charge in [0.05, 0.1) is 30.4 Å². The second-order valence-electron chi connectivity index (χ2n) is 6.64. The third-order valence-electron chi connectivity index (χ3n) is 4.80. The summed E-state index contributed by atoms with van der Waals surface area (Å²) in [6, 6.07) is 6.83. The molecule has 3 heterocycles. The summed E-state index contributed by atoms with van der Waals surface area (Å²) in [7, 11) is 2.97. The number of thiophene rings is 1. The average molecular weight is 459 g/mol. The number of nitrogens with zero attached hydrogens (tertiary/aromatic N) is 3. The monoisotopic (exact) mass is 458 g/mol. The average Bonchev–Trinajstić information content (AvgIpc) is 3.14. The van der Waals surface area contributed by atoms with Crippen molar-refractivity contribution in [3.05, 3.63) is 51.7 Å². The summed E-state index contributed by atoms with van der Waals surface area (Å²) >= 11 is 7.45. The van der Waals surface area contributed by atoms with Gasteiger partial charge in [0, 0.05) is 24.1 Å². The van der Waals surface area contributed by atoms with Crippen molar-refractivity contribution >= 4 is 55.0 Å². The van der Waals surface area contributed by atoms with Crippen LogP contribution in [-0.2, 0) is 17.8 Å². The maximum absolute atomic E-state index is 13.2. The Morgan fingerprint density at radius 3 is 2.74 bits per heavy atom. The summed E-state index contributed by atoms with van der Waals surface area (Å²) in [5.41, 5.74) is 0.736. The lowest BCUT2D eigenvalue weighted by Gasteiger charge is -2.15. The van der Waals surface area contributed by atoms with Crippen LogP contribution in [0.15, 0.2) is 35.3 Å². The van der Waals surface area contributed by atoms with Gasteiger partial charge in [-0.2, -0.15) is 0 Å². The molecule has 0 aliphatic heterocycles. The number of rotatable bonds is 6. The molecule has 0 atom stereocenters. The number of benzene rings is 1. The first kappa shape index (κ1) is 21.1. The number of aryl methyl sites for hydroxylation is 1. The summed E-state index contributed by atoms with van der Waals surface area (Å²) in [5.74, 6) is 0.934. The number of fused-ring (bicyclic) bond motifs is 3. The van der Waals surface area contributed by atoms with Gasteiger partial charge in [-0.1, -0.05) is 18.5 Å². The molecule has 0 saturated heterocycles. The zero-order valence-corrected chi connectivity index (χ0v) is 18.6. The largest absolute Gasteiger partial charge is 0.495 e. The number of aromatic nitrogens is 3. The molecule has 0 saturated carbocycles. The fourth-order valence-electron chi connectivity index (χ4n) is 3.33. The predicted molar refractivity (Wildman–Crippen MR) is 122 cm³/mol. The van der Waals surface area contributed by atoms with Gasteiger partial charge in [-0.05, 0) is 18.2 Å². The number of halogens is 1. The highest BCUT2D eigenvalue weighted by Crippen LogP contribution is 2.36. The van der Waals surface area contributed by atoms with Gasteiger partial charge in [0.1, 0.15) is 33.4 Å². The van der Waals surface area contributed by atoms with E-state index in [1.807, 2.05) is 19.1 Å². The maximum Gasteiger partial charge on any atom is 0.272 e. The minimum Gasteiger partial charge on any atom is -0.495 e. The van der Waals surface area contributed by atoms with Crippen LogP contribution in [0.1, 0.15) is 12.7 Å². The van der Waals surface area contributed by atoms with Crippen LogP contribution in [0, 0.1) is 0 Å². The van der Waals surface area contributed by atoms with E-state index in [2.05, 4.69) is 15.3 Å². The second-order valence-corrected chi connectivity index (χ2v) is 8.05. The predicted octanol–water partition coefficient (Wildman–Crippen LogP) is 3.88. The standard InChI is InChI=1S/C21H19ClN4O4S/c1-4-16-25-18-11-6-5-7-23-20(11)31-19(18)21(28)26(16)10-17(27)24-13-8-12(22)14(29-2)9-15(13)30-3/h5-9H,4,10H2,1-3H3,(H,24,27). The zero-order valence-electron chi connectivity index (χ0n) is 17.1. The summed E-state index contributed by atoms with van der Waals surface area (Å²) < 4.78 is 12.4. The Morgan fingerprint density at radius 1 is 1.26 bits per heavy atom. The Kier molecular flexibility index (Phi) is 5.79. The molecule has 0 aliphatic carbocycles. The van der Waals surface area contributed by atoms with Crippen LogP contribution in [0.4, 0.5) is 5.69 Å². The number of amides is 1. The van der Waals surface area contributed by atoms with Crippen molar-refractivity contribution in [3.8, 4) is 11.5 Å². The van der Waals surface area contributed by atoms with E-state index in [4.69, 9.17) is 21.1 Å². The van der Waals surface area contributed by atoms with Crippen molar-refractivity contribution in [3.63, 3.8) is 0 Å². The first-order valence-electron chi connectivity index (χ1n) is 9.45. The zero-order chi connectivity index (χ0) is 22.1. The summed E-state index contributed by atoms with van der Waals surface area (Å²) in [4.78, 5) is 35.7. The van der Waals surface area contributed by atoms with Crippen LogP contribution in [0.3, 0.4) is 0 Å². The van der Waals surface area contributed by atoms with E-state index in [0.717, 1.165) is 10.2 Å². The number of nitrogens with one attached hydrogen (secondary N) is 1. The molecule has 0 fully saturated rings. The second kappa shape index (κ2) is 8.52. The van der Waals surface area contributed by atoms with Crippen molar-refractivity contribution in [2.45, 2.75) is 19.9 Å². The Bertz CT molecular complexity index is 1370. The molecule has 0 aliphatic rings. The molecular weight excluding hydrogens is 440 g/mol. The Morgan fingerprint density at radius 2 is 2.03 bits per heavy atom. The van der Waals surface area contributed by atoms with Crippen molar-refractivity contribution in [1.29, 1.82) is 0 Å². The quantitative estimate of drug-likeness (QED) is 0.471. The van der Waals surface area contributed by atoms with Crippen LogP contribution in [0.2, 0.25) is 5.02 Å². The molecule has 3 aromatic heterocycles. The topological polar surface area (TPSA) is 95.3 Å². The van der Waals surface area contributed by atoms with Gasteiger partial charge in [-0.15, -0.1) is 11.3 Å². The maximum atomic E-state index is 13.2. The Hall–Kier alpha value is -3.17. The first-order chi connectivity index (χ1) is 15.0. The Labute approximate surface area is 186 Å². The van der Waals surface area contributed by atoms with Gasteiger partial charge in [-0.3, -0.25) is 14.2 Å². The highest BCUT2D eigenvalue weighted by Gasteiger charge is 2.19. The van der Waals surface area contributed by atoms with E-state index < -0.39 is 5.91 Å². The molecule has 8 nitrogen and oxygen atoms in total. The molecule has 4 aromatic rings. The summed E-state index contributed by atoms with van der Waals surface area (Å²) in [5, 5.41) is 3.92. The van der Waals surface area contributed by atoms with Crippen LogP contribution in [0.5, 0.6) is 11.5 Å². The minimum absolute atomic E-state index is 0.195. The Balaban J connectivity index is 1.71. The van der Waals surface area contributed by atoms with Crippen molar-refractivity contribution in [2.24, 2.45) is 0 Å². The number of methoxy groups -OCH3 is 2. The third kappa shape index (κ3) is 3.82. The molecule has 10 heteroatoms. The lowest BCUT2D eigenvalue weighted by atomic mass is 10.2. The molecule has 0 bridgehead atoms. The molecule has 1 amide bonds. The van der Waals surface area contributed by atoms with Crippen LogP contribution < -0.4 is 20.3 Å². The SMILES string of the molecule is CCc1nc2c(sc3ncccc32)c(=O)n1CC(=O)Nc1cc(Cl)c(OC)cc1OC. The smallest absolute Gasteiger partial charge is 0.272 e. The van der Waals surface area contributed by atoms with Crippen LogP contribution >= 0.6 is 22.9 Å². The van der Waals surface area contributed by atoms with E-state index in [1.54, 1.807) is 18.3 Å². The molecule has 160 valence electrons. The van der Waals surface area contributed by atoms with Gasteiger partial charge in [0.25, 0.3) is 5.56 Å². The number of hydrogen-bond acceptors (Lipinski definition) is 7. The summed E-state index contributed by atoms with van der Waals surface area (Å²) in [6.07, 6.45) is 2.17. The highest BCUT2D eigenvalue weighted by molar-refractivity contribution is 7.25. The number of pyridine rings is 1. The molecule has 1 aromatic carbocycles.